The molecule has 1 aliphatic heterocycles. The summed E-state index contributed by atoms with van der Waals surface area (Å²) in [6, 6.07) is 11.5. The average molecular weight is 446 g/mol. The second kappa shape index (κ2) is 7.51. The van der Waals surface area contributed by atoms with E-state index in [1.165, 1.54) is 30.0 Å². The number of thiazole rings is 1. The number of primary amides is 1. The van der Waals surface area contributed by atoms with E-state index >= 15 is 0 Å². The number of carbonyl (C=O) groups excluding carboxylic acids is 2. The quantitative estimate of drug-likeness (QED) is 0.558. The molecule has 0 radical (unpaired) electrons. The number of rotatable bonds is 6. The molecular weight excluding hydrogens is 430 g/mol. The van der Waals surface area contributed by atoms with Gasteiger partial charge in [0.05, 0.1) is 0 Å². The van der Waals surface area contributed by atoms with Gasteiger partial charge in [-0.25, -0.2) is 4.98 Å². The number of alkyl halides is 2. The maximum Gasteiger partial charge on any atom is 0.586 e. The first-order valence-corrected chi connectivity index (χ1v) is 9.82. The minimum atomic E-state index is -3.79. The Morgan fingerprint density at radius 2 is 1.81 bits per heavy atom. The van der Waals surface area contributed by atoms with Gasteiger partial charge in [0.25, 0.3) is 0 Å². The molecule has 0 aliphatic carbocycles. The molecule has 0 bridgehead atoms. The van der Waals surface area contributed by atoms with E-state index in [1.807, 2.05) is 0 Å². The van der Waals surface area contributed by atoms with Crippen molar-refractivity contribution < 1.29 is 27.8 Å². The zero-order valence-electron chi connectivity index (χ0n) is 16.0. The molecule has 0 spiro atoms. The third kappa shape index (κ3) is 3.87. The van der Waals surface area contributed by atoms with E-state index in [0.29, 0.717) is 5.56 Å². The molecule has 8 nitrogen and oxygen atoms in total. The predicted molar refractivity (Wildman–Crippen MR) is 110 cm³/mol. The highest BCUT2D eigenvalue weighted by molar-refractivity contribution is 7.18. The summed E-state index contributed by atoms with van der Waals surface area (Å²) >= 11 is 0.956. The van der Waals surface area contributed by atoms with Crippen LogP contribution in [-0.4, -0.2) is 29.0 Å². The van der Waals surface area contributed by atoms with Crippen molar-refractivity contribution in [3.63, 3.8) is 0 Å². The van der Waals surface area contributed by atoms with E-state index in [1.54, 1.807) is 30.3 Å². The van der Waals surface area contributed by atoms with Crippen molar-refractivity contribution >= 4 is 39.7 Å². The van der Waals surface area contributed by atoms with Gasteiger partial charge in [0.1, 0.15) is 16.7 Å². The number of nitrogen functional groups attached to an aromatic ring is 1. The highest BCUT2D eigenvalue weighted by atomic mass is 32.1. The Balaban J connectivity index is 1.75. The van der Waals surface area contributed by atoms with E-state index in [-0.39, 0.29) is 38.8 Å². The molecule has 4 N–H and O–H groups in total. The minimum absolute atomic E-state index is 0.0252. The molecule has 4 rings (SSSR count). The standard InChI is InChI=1S/C20H16F2N4O4S/c1-10(18(24)28)26(12-7-8-13-14(9-12)30-20(21,22)29-13)19-25-17(23)16(31-19)15(27)11-5-3-2-4-6-11/h2-10H,23H2,1H3,(H2,24,28). The fourth-order valence-electron chi connectivity index (χ4n) is 3.02. The normalized spacial score (nSPS) is 14.8. The Hall–Kier alpha value is -3.73. The van der Waals surface area contributed by atoms with Crippen LogP contribution in [0.25, 0.3) is 0 Å². The Kier molecular flexibility index (Phi) is 4.97. The summed E-state index contributed by atoms with van der Waals surface area (Å²) in [4.78, 5) is 30.6. The molecular formula is C20H16F2N4O4S. The number of halogens is 2. The summed E-state index contributed by atoms with van der Waals surface area (Å²) in [6.45, 7) is 1.51. The van der Waals surface area contributed by atoms with E-state index in [4.69, 9.17) is 11.5 Å². The van der Waals surface area contributed by atoms with E-state index in [0.717, 1.165) is 11.3 Å². The number of ketones is 1. The second-order valence-electron chi connectivity index (χ2n) is 6.65. The molecule has 2 aromatic carbocycles. The van der Waals surface area contributed by atoms with Gasteiger partial charge in [-0.3, -0.25) is 9.59 Å². The van der Waals surface area contributed by atoms with Crippen molar-refractivity contribution in [3.05, 3.63) is 59.0 Å². The van der Waals surface area contributed by atoms with Crippen molar-refractivity contribution in [1.29, 1.82) is 0 Å². The summed E-state index contributed by atoms with van der Waals surface area (Å²) in [6.07, 6.45) is -3.79. The van der Waals surface area contributed by atoms with E-state index < -0.39 is 18.2 Å². The number of benzene rings is 2. The number of ether oxygens (including phenoxy) is 2. The van der Waals surface area contributed by atoms with Gasteiger partial charge in [-0.2, -0.15) is 0 Å². The van der Waals surface area contributed by atoms with Crippen LogP contribution >= 0.6 is 11.3 Å². The number of fused-ring (bicyclic) bond motifs is 1. The van der Waals surface area contributed by atoms with Crippen LogP contribution in [0.4, 0.5) is 25.4 Å². The van der Waals surface area contributed by atoms with Gasteiger partial charge in [0.15, 0.2) is 16.6 Å². The van der Waals surface area contributed by atoms with Crippen molar-refractivity contribution in [2.24, 2.45) is 5.73 Å². The van der Waals surface area contributed by atoms with Crippen molar-refractivity contribution in [1.82, 2.24) is 4.98 Å². The van der Waals surface area contributed by atoms with Crippen LogP contribution in [-0.2, 0) is 4.79 Å². The van der Waals surface area contributed by atoms with Gasteiger partial charge in [-0.05, 0) is 19.1 Å². The summed E-state index contributed by atoms with van der Waals surface area (Å²) in [7, 11) is 0. The lowest BCUT2D eigenvalue weighted by atomic mass is 10.1. The van der Waals surface area contributed by atoms with Crippen LogP contribution in [0.1, 0.15) is 22.2 Å². The number of anilines is 3. The number of hydrogen-bond acceptors (Lipinski definition) is 8. The van der Waals surface area contributed by atoms with Crippen molar-refractivity contribution in [2.75, 3.05) is 10.6 Å². The fraction of sp³-hybridized carbons (Fsp3) is 0.150. The molecule has 2 heterocycles. The molecule has 0 saturated carbocycles. The average Bonchev–Trinajstić information content (AvgIpc) is 3.25. The molecule has 3 aromatic rings. The first-order chi connectivity index (χ1) is 14.7. The molecule has 11 heteroatoms. The summed E-state index contributed by atoms with van der Waals surface area (Å²) in [5, 5.41) is 0.189. The number of nitrogens with zero attached hydrogens (tertiary/aromatic N) is 2. The molecule has 1 amide bonds. The SMILES string of the molecule is CC(C(N)=O)N(c1ccc2c(c1)OC(F)(F)O2)c1nc(N)c(C(=O)c2ccccc2)s1. The van der Waals surface area contributed by atoms with Crippen molar-refractivity contribution in [3.8, 4) is 11.5 Å². The minimum Gasteiger partial charge on any atom is -0.395 e. The lowest BCUT2D eigenvalue weighted by Crippen LogP contribution is -2.39. The third-order valence-corrected chi connectivity index (χ3v) is 5.62. The topological polar surface area (TPSA) is 121 Å². The third-order valence-electron chi connectivity index (χ3n) is 4.55. The van der Waals surface area contributed by atoms with Gasteiger partial charge >= 0.3 is 6.29 Å². The van der Waals surface area contributed by atoms with Crippen LogP contribution in [0, 0.1) is 0 Å². The smallest absolute Gasteiger partial charge is 0.395 e. The van der Waals surface area contributed by atoms with Crippen molar-refractivity contribution in [2.45, 2.75) is 19.3 Å². The summed E-state index contributed by atoms with van der Waals surface area (Å²) in [5.41, 5.74) is 12.2. The maximum absolute atomic E-state index is 13.4. The molecule has 1 aliphatic rings. The second-order valence-corrected chi connectivity index (χ2v) is 7.63. The zero-order valence-corrected chi connectivity index (χ0v) is 16.9. The van der Waals surface area contributed by atoms with Crippen LogP contribution in [0.15, 0.2) is 48.5 Å². The number of nitrogens with two attached hydrogens (primary N) is 2. The Labute approximate surface area is 179 Å². The Morgan fingerprint density at radius 1 is 1.13 bits per heavy atom. The van der Waals surface area contributed by atoms with Gasteiger partial charge in [-0.1, -0.05) is 41.7 Å². The van der Waals surface area contributed by atoms with Crippen LogP contribution in [0.3, 0.4) is 0 Å². The predicted octanol–water partition coefficient (Wildman–Crippen LogP) is 3.29. The summed E-state index contributed by atoms with van der Waals surface area (Å²) in [5.74, 6) is -1.43. The molecule has 1 unspecified atom stereocenters. The zero-order chi connectivity index (χ0) is 22.3. The molecule has 0 saturated heterocycles. The molecule has 31 heavy (non-hydrogen) atoms. The highest BCUT2D eigenvalue weighted by Gasteiger charge is 2.43. The number of hydrogen-bond donors (Lipinski definition) is 2. The van der Waals surface area contributed by atoms with Gasteiger partial charge in [-0.15, -0.1) is 8.78 Å². The molecule has 1 atom stereocenters. The summed E-state index contributed by atoms with van der Waals surface area (Å²) < 4.78 is 35.7. The largest absolute Gasteiger partial charge is 0.586 e. The Bertz CT molecular complexity index is 1170. The molecule has 0 fully saturated rings. The number of amides is 1. The lowest BCUT2D eigenvalue weighted by molar-refractivity contribution is -0.286. The van der Waals surface area contributed by atoms with Crippen LogP contribution in [0.2, 0.25) is 0 Å². The van der Waals surface area contributed by atoms with Gasteiger partial charge in [0.2, 0.25) is 11.7 Å². The maximum atomic E-state index is 13.4. The van der Waals surface area contributed by atoms with E-state index in [9.17, 15) is 18.4 Å². The van der Waals surface area contributed by atoms with E-state index in [2.05, 4.69) is 14.5 Å². The monoisotopic (exact) mass is 446 g/mol. The molecule has 1 aromatic heterocycles. The highest BCUT2D eigenvalue weighted by Crippen LogP contribution is 2.45. The van der Waals surface area contributed by atoms with Gasteiger partial charge < -0.3 is 25.8 Å². The fourth-order valence-corrected chi connectivity index (χ4v) is 4.07. The van der Waals surface area contributed by atoms with Crippen LogP contribution < -0.4 is 25.8 Å². The number of aromatic nitrogens is 1. The van der Waals surface area contributed by atoms with Gasteiger partial charge in [0, 0.05) is 17.3 Å². The first kappa shape index (κ1) is 20.5. The number of carbonyl (C=O) groups is 2. The Morgan fingerprint density at radius 3 is 2.48 bits per heavy atom. The lowest BCUT2D eigenvalue weighted by Gasteiger charge is -2.26. The van der Waals surface area contributed by atoms with Crippen LogP contribution in [0.5, 0.6) is 11.5 Å². The first-order valence-electron chi connectivity index (χ1n) is 9.01. The molecule has 160 valence electrons.